The molecule has 1 saturated heterocycles. The monoisotopic (exact) mass is 422 g/mol. The van der Waals surface area contributed by atoms with Gasteiger partial charge in [-0.1, -0.05) is 29.8 Å². The Bertz CT molecular complexity index is 981. The van der Waals surface area contributed by atoms with Crippen LogP contribution in [0.3, 0.4) is 0 Å². The van der Waals surface area contributed by atoms with E-state index in [1.54, 1.807) is 0 Å². The number of hydrogen-bond acceptors (Lipinski definition) is 6. The van der Waals surface area contributed by atoms with Gasteiger partial charge in [-0.2, -0.15) is 11.8 Å². The van der Waals surface area contributed by atoms with Gasteiger partial charge in [0.1, 0.15) is 0 Å². The van der Waals surface area contributed by atoms with E-state index >= 15 is 0 Å². The maximum atomic E-state index is 12.4. The van der Waals surface area contributed by atoms with Gasteiger partial charge in [-0.05, 0) is 36.8 Å². The van der Waals surface area contributed by atoms with Gasteiger partial charge in [0.05, 0.1) is 0 Å². The number of hydrogen-bond donors (Lipinski definition) is 1. The second-order valence-electron chi connectivity index (χ2n) is 7.50. The van der Waals surface area contributed by atoms with Crippen LogP contribution in [0.15, 0.2) is 52.9 Å². The number of thioether (sulfide) groups is 1. The van der Waals surface area contributed by atoms with Gasteiger partial charge < -0.3 is 9.73 Å². The zero-order valence-corrected chi connectivity index (χ0v) is 18.0. The van der Waals surface area contributed by atoms with Gasteiger partial charge in [-0.3, -0.25) is 9.69 Å². The lowest BCUT2D eigenvalue weighted by Crippen LogP contribution is -2.31. The lowest BCUT2D eigenvalue weighted by Gasteiger charge is -2.26. The third-order valence-electron chi connectivity index (χ3n) is 5.05. The van der Waals surface area contributed by atoms with E-state index in [-0.39, 0.29) is 5.91 Å². The third-order valence-corrected chi connectivity index (χ3v) is 5.99. The highest BCUT2D eigenvalue weighted by molar-refractivity contribution is 7.99. The first-order valence-electron chi connectivity index (χ1n) is 10.2. The summed E-state index contributed by atoms with van der Waals surface area (Å²) in [6, 6.07) is 16.0. The van der Waals surface area contributed by atoms with Gasteiger partial charge in [0.15, 0.2) is 0 Å². The van der Waals surface area contributed by atoms with Crippen molar-refractivity contribution in [3.8, 4) is 11.5 Å². The summed E-state index contributed by atoms with van der Waals surface area (Å²) in [6.07, 6.45) is 0.707. The van der Waals surface area contributed by atoms with Crippen LogP contribution in [-0.2, 0) is 17.8 Å². The van der Waals surface area contributed by atoms with Crippen LogP contribution in [0.25, 0.3) is 11.5 Å². The van der Waals surface area contributed by atoms with Crippen LogP contribution < -0.4 is 5.32 Å². The number of carbonyl (C=O) groups excluding carboxylic acids is 1. The summed E-state index contributed by atoms with van der Waals surface area (Å²) in [5.41, 5.74) is 4.11. The minimum Gasteiger partial charge on any atom is -0.421 e. The summed E-state index contributed by atoms with van der Waals surface area (Å²) in [4.78, 5) is 14.8. The smallest absolute Gasteiger partial charge is 0.247 e. The molecule has 7 heteroatoms. The molecule has 156 valence electrons. The largest absolute Gasteiger partial charge is 0.421 e. The van der Waals surface area contributed by atoms with Crippen LogP contribution in [0, 0.1) is 6.92 Å². The SMILES string of the molecule is Cc1ccc(-c2nnc(CCC(=O)Nc3cccc(CN4CCSCC4)c3)o2)cc1. The topological polar surface area (TPSA) is 71.3 Å². The molecule has 0 spiro atoms. The van der Waals surface area contributed by atoms with Gasteiger partial charge in [0.25, 0.3) is 0 Å². The number of nitrogens with zero attached hydrogens (tertiary/aromatic N) is 3. The van der Waals surface area contributed by atoms with Crippen molar-refractivity contribution in [2.45, 2.75) is 26.3 Å². The normalized spacial score (nSPS) is 14.6. The molecule has 0 saturated carbocycles. The first-order valence-corrected chi connectivity index (χ1v) is 11.4. The average Bonchev–Trinajstić information content (AvgIpc) is 3.23. The van der Waals surface area contributed by atoms with Crippen LogP contribution in [0.1, 0.15) is 23.4 Å². The van der Waals surface area contributed by atoms with Crippen molar-refractivity contribution >= 4 is 23.4 Å². The molecule has 1 aliphatic heterocycles. The van der Waals surface area contributed by atoms with E-state index in [2.05, 4.69) is 32.5 Å². The molecular weight excluding hydrogens is 396 g/mol. The van der Waals surface area contributed by atoms with Crippen molar-refractivity contribution in [3.63, 3.8) is 0 Å². The minimum atomic E-state index is -0.0587. The van der Waals surface area contributed by atoms with Crippen molar-refractivity contribution in [2.75, 3.05) is 29.9 Å². The Balaban J connectivity index is 1.29. The minimum absolute atomic E-state index is 0.0587. The molecule has 4 rings (SSSR count). The Morgan fingerprint density at radius 3 is 2.73 bits per heavy atom. The molecule has 0 unspecified atom stereocenters. The van der Waals surface area contributed by atoms with Gasteiger partial charge in [-0.15, -0.1) is 10.2 Å². The predicted molar refractivity (Wildman–Crippen MR) is 120 cm³/mol. The highest BCUT2D eigenvalue weighted by atomic mass is 32.2. The second kappa shape index (κ2) is 9.91. The van der Waals surface area contributed by atoms with E-state index in [9.17, 15) is 4.79 Å². The number of anilines is 1. The fraction of sp³-hybridized carbons (Fsp3) is 0.348. The Kier molecular flexibility index (Phi) is 6.81. The summed E-state index contributed by atoms with van der Waals surface area (Å²) in [7, 11) is 0. The molecule has 30 heavy (non-hydrogen) atoms. The molecule has 0 atom stereocenters. The number of carbonyl (C=O) groups is 1. The Hall–Kier alpha value is -2.64. The molecule has 1 aromatic heterocycles. The maximum Gasteiger partial charge on any atom is 0.247 e. The standard InChI is InChI=1S/C23H26N4O2S/c1-17-5-7-19(8-6-17)23-26-25-22(29-23)10-9-21(28)24-20-4-2-3-18(15-20)16-27-11-13-30-14-12-27/h2-8,15H,9-14,16H2,1H3,(H,24,28). The van der Waals surface area contributed by atoms with E-state index < -0.39 is 0 Å². The number of benzene rings is 2. The molecule has 1 N–H and O–H groups in total. The zero-order chi connectivity index (χ0) is 20.8. The van der Waals surface area contributed by atoms with Crippen LogP contribution in [0.2, 0.25) is 0 Å². The first-order chi connectivity index (χ1) is 14.7. The van der Waals surface area contributed by atoms with E-state index in [1.807, 2.05) is 55.1 Å². The predicted octanol–water partition coefficient (Wildman–Crippen LogP) is 4.17. The number of nitrogens with one attached hydrogen (secondary N) is 1. The molecule has 1 fully saturated rings. The third kappa shape index (κ3) is 5.70. The second-order valence-corrected chi connectivity index (χ2v) is 8.73. The zero-order valence-electron chi connectivity index (χ0n) is 17.1. The number of aryl methyl sites for hydroxylation is 2. The molecule has 2 aromatic carbocycles. The van der Waals surface area contributed by atoms with Gasteiger partial charge in [-0.25, -0.2) is 0 Å². The quantitative estimate of drug-likeness (QED) is 0.616. The van der Waals surface area contributed by atoms with Gasteiger partial charge in [0, 0.05) is 55.2 Å². The fourth-order valence-corrected chi connectivity index (χ4v) is 4.36. The summed E-state index contributed by atoms with van der Waals surface area (Å²) in [6.45, 7) is 5.20. The van der Waals surface area contributed by atoms with Gasteiger partial charge >= 0.3 is 0 Å². The van der Waals surface area contributed by atoms with Crippen molar-refractivity contribution in [1.29, 1.82) is 0 Å². The van der Waals surface area contributed by atoms with Crippen molar-refractivity contribution in [1.82, 2.24) is 15.1 Å². The van der Waals surface area contributed by atoms with E-state index in [0.717, 1.165) is 30.9 Å². The van der Waals surface area contributed by atoms with Gasteiger partial charge in [0.2, 0.25) is 17.7 Å². The molecule has 0 radical (unpaired) electrons. The molecule has 3 aromatic rings. The van der Waals surface area contributed by atoms with Crippen molar-refractivity contribution in [2.24, 2.45) is 0 Å². The molecule has 0 bridgehead atoms. The molecule has 1 amide bonds. The van der Waals surface area contributed by atoms with E-state index in [1.165, 1.54) is 22.6 Å². The van der Waals surface area contributed by atoms with Crippen molar-refractivity contribution < 1.29 is 9.21 Å². The highest BCUT2D eigenvalue weighted by Gasteiger charge is 2.13. The first kappa shape index (κ1) is 20.6. The summed E-state index contributed by atoms with van der Waals surface area (Å²) in [5, 5.41) is 11.1. The number of amides is 1. The number of aromatic nitrogens is 2. The van der Waals surface area contributed by atoms with Crippen LogP contribution >= 0.6 is 11.8 Å². The molecule has 6 nitrogen and oxygen atoms in total. The lowest BCUT2D eigenvalue weighted by molar-refractivity contribution is -0.116. The number of rotatable bonds is 7. The Labute approximate surface area is 181 Å². The maximum absolute atomic E-state index is 12.4. The molecule has 2 heterocycles. The van der Waals surface area contributed by atoms with E-state index in [4.69, 9.17) is 4.42 Å². The summed E-state index contributed by atoms with van der Waals surface area (Å²) >= 11 is 2.01. The lowest BCUT2D eigenvalue weighted by atomic mass is 10.1. The fourth-order valence-electron chi connectivity index (χ4n) is 3.38. The van der Waals surface area contributed by atoms with Crippen molar-refractivity contribution in [3.05, 3.63) is 65.5 Å². The summed E-state index contributed by atoms with van der Waals surface area (Å²) in [5.74, 6) is 3.28. The van der Waals surface area contributed by atoms with Crippen LogP contribution in [0.5, 0.6) is 0 Å². The molecule has 0 aliphatic carbocycles. The average molecular weight is 423 g/mol. The Morgan fingerprint density at radius 2 is 1.93 bits per heavy atom. The molecular formula is C23H26N4O2S. The van der Waals surface area contributed by atoms with E-state index in [0.29, 0.717) is 24.6 Å². The molecule has 1 aliphatic rings. The Morgan fingerprint density at radius 1 is 1.13 bits per heavy atom. The van der Waals surface area contributed by atoms with Crippen LogP contribution in [0.4, 0.5) is 5.69 Å². The van der Waals surface area contributed by atoms with Crippen LogP contribution in [-0.4, -0.2) is 45.6 Å². The highest BCUT2D eigenvalue weighted by Crippen LogP contribution is 2.19. The summed E-state index contributed by atoms with van der Waals surface area (Å²) < 4.78 is 5.70.